The Morgan fingerprint density at radius 3 is 3.05 bits per heavy atom. The minimum atomic E-state index is -0.477. The van der Waals surface area contributed by atoms with Crippen molar-refractivity contribution < 1.29 is 19.0 Å². The van der Waals surface area contributed by atoms with E-state index in [9.17, 15) is 14.3 Å². The molecule has 1 unspecified atom stereocenters. The fraction of sp³-hybridized carbons (Fsp3) is 0.462. The largest absolute Gasteiger partial charge is 0.494 e. The quantitative estimate of drug-likeness (QED) is 0.860. The molecule has 0 spiro atoms. The Morgan fingerprint density at radius 2 is 2.37 bits per heavy atom. The van der Waals surface area contributed by atoms with Crippen LogP contribution in [0.25, 0.3) is 0 Å². The number of amides is 2. The molecule has 2 N–H and O–H groups in total. The van der Waals surface area contributed by atoms with Crippen molar-refractivity contribution in [2.45, 2.75) is 18.9 Å². The molecule has 1 aliphatic heterocycles. The number of β-amino-alcohol motifs (C(OH)–C–C–N with tert-alkyl or cyclic N) is 1. The minimum Gasteiger partial charge on any atom is -0.494 e. The van der Waals surface area contributed by atoms with E-state index in [0.29, 0.717) is 25.2 Å². The van der Waals surface area contributed by atoms with Gasteiger partial charge in [-0.25, -0.2) is 9.18 Å². The predicted molar refractivity (Wildman–Crippen MR) is 68.8 cm³/mol. The third-order valence-electron chi connectivity index (χ3n) is 3.09. The summed E-state index contributed by atoms with van der Waals surface area (Å²) < 4.78 is 18.1. The molecule has 0 aromatic heterocycles. The van der Waals surface area contributed by atoms with Crippen LogP contribution in [0.1, 0.15) is 12.8 Å². The molecule has 19 heavy (non-hydrogen) atoms. The molecule has 0 saturated carbocycles. The Kier molecular flexibility index (Phi) is 4.21. The zero-order valence-corrected chi connectivity index (χ0v) is 10.7. The van der Waals surface area contributed by atoms with Gasteiger partial charge in [-0.05, 0) is 25.0 Å². The third-order valence-corrected chi connectivity index (χ3v) is 3.09. The average molecular weight is 268 g/mol. The number of anilines is 1. The number of carbonyl (C=O) groups is 1. The number of aliphatic hydroxyl groups excluding tert-OH is 1. The van der Waals surface area contributed by atoms with Gasteiger partial charge >= 0.3 is 6.03 Å². The topological polar surface area (TPSA) is 61.8 Å². The molecule has 2 amide bonds. The fourth-order valence-corrected chi connectivity index (χ4v) is 2.10. The number of urea groups is 1. The van der Waals surface area contributed by atoms with E-state index < -0.39 is 11.9 Å². The Bertz CT molecular complexity index is 467. The molecule has 0 radical (unpaired) electrons. The van der Waals surface area contributed by atoms with E-state index in [1.165, 1.54) is 30.2 Å². The zero-order chi connectivity index (χ0) is 13.8. The third kappa shape index (κ3) is 3.35. The Balaban J connectivity index is 2.06. The second kappa shape index (κ2) is 5.88. The predicted octanol–water partition coefficient (Wildman–Crippen LogP) is 1.82. The molecule has 0 aliphatic carbocycles. The Labute approximate surface area is 111 Å². The van der Waals surface area contributed by atoms with Crippen molar-refractivity contribution in [3.63, 3.8) is 0 Å². The van der Waals surface area contributed by atoms with E-state index in [1.54, 1.807) is 0 Å². The zero-order valence-electron chi connectivity index (χ0n) is 10.7. The maximum atomic E-state index is 13.0. The van der Waals surface area contributed by atoms with E-state index >= 15 is 0 Å². The molecule has 1 heterocycles. The number of likely N-dealkylation sites (tertiary alicyclic amines) is 1. The van der Waals surface area contributed by atoms with Gasteiger partial charge in [0.1, 0.15) is 11.6 Å². The summed E-state index contributed by atoms with van der Waals surface area (Å²) in [7, 11) is 1.41. The lowest BCUT2D eigenvalue weighted by Gasteiger charge is -2.30. The molecule has 1 aromatic rings. The number of nitrogens with one attached hydrogen (secondary N) is 1. The SMILES string of the molecule is COc1cc(F)ccc1NC(=O)N1CCCC(O)C1. The molecular formula is C13H17FN2O3. The van der Waals surface area contributed by atoms with Crippen LogP contribution >= 0.6 is 0 Å². The highest BCUT2D eigenvalue weighted by Crippen LogP contribution is 2.25. The van der Waals surface area contributed by atoms with Gasteiger partial charge in [-0.2, -0.15) is 0 Å². The first-order valence-corrected chi connectivity index (χ1v) is 6.17. The van der Waals surface area contributed by atoms with E-state index in [1.807, 2.05) is 0 Å². The van der Waals surface area contributed by atoms with Gasteiger partial charge in [0, 0.05) is 19.2 Å². The normalized spacial score (nSPS) is 19.1. The van der Waals surface area contributed by atoms with Gasteiger partial charge < -0.3 is 20.1 Å². The lowest BCUT2D eigenvalue weighted by atomic mass is 10.1. The first-order chi connectivity index (χ1) is 9.10. The van der Waals surface area contributed by atoms with Crippen molar-refractivity contribution in [2.75, 3.05) is 25.5 Å². The van der Waals surface area contributed by atoms with Crippen LogP contribution < -0.4 is 10.1 Å². The number of hydrogen-bond acceptors (Lipinski definition) is 3. The van der Waals surface area contributed by atoms with E-state index in [2.05, 4.69) is 5.32 Å². The molecule has 1 aliphatic rings. The summed E-state index contributed by atoms with van der Waals surface area (Å²) in [6.07, 6.45) is 1.01. The maximum Gasteiger partial charge on any atom is 0.322 e. The molecule has 0 bridgehead atoms. The molecule has 2 rings (SSSR count). The van der Waals surface area contributed by atoms with Gasteiger partial charge in [0.15, 0.2) is 0 Å². The van der Waals surface area contributed by atoms with Crippen LogP contribution in [0.5, 0.6) is 5.75 Å². The number of hydrogen-bond donors (Lipinski definition) is 2. The van der Waals surface area contributed by atoms with Gasteiger partial charge in [-0.15, -0.1) is 0 Å². The number of aliphatic hydroxyl groups is 1. The van der Waals surface area contributed by atoms with Crippen LogP contribution in [0.2, 0.25) is 0 Å². The second-order valence-corrected chi connectivity index (χ2v) is 4.52. The highest BCUT2D eigenvalue weighted by molar-refractivity contribution is 5.91. The van der Waals surface area contributed by atoms with E-state index in [4.69, 9.17) is 4.74 Å². The number of rotatable bonds is 2. The fourth-order valence-electron chi connectivity index (χ4n) is 2.10. The summed E-state index contributed by atoms with van der Waals surface area (Å²) in [5.74, 6) is -0.158. The number of nitrogens with zero attached hydrogens (tertiary/aromatic N) is 1. The summed E-state index contributed by atoms with van der Waals surface area (Å²) in [6, 6.07) is 3.60. The molecule has 104 valence electrons. The Hall–Kier alpha value is -1.82. The summed E-state index contributed by atoms with van der Waals surface area (Å²) in [5.41, 5.74) is 0.411. The molecule has 1 fully saturated rings. The lowest BCUT2D eigenvalue weighted by molar-refractivity contribution is 0.0883. The molecule has 1 atom stereocenters. The van der Waals surface area contributed by atoms with Crippen LogP contribution in [0.4, 0.5) is 14.9 Å². The molecule has 5 nitrogen and oxygen atoms in total. The second-order valence-electron chi connectivity index (χ2n) is 4.52. The summed E-state index contributed by atoms with van der Waals surface area (Å²) in [6.45, 7) is 0.918. The van der Waals surface area contributed by atoms with Crippen molar-refractivity contribution in [2.24, 2.45) is 0 Å². The number of piperidine rings is 1. The molecule has 6 heteroatoms. The van der Waals surface area contributed by atoms with Crippen molar-refractivity contribution in [1.29, 1.82) is 0 Å². The van der Waals surface area contributed by atoms with Crippen LogP contribution in [0.3, 0.4) is 0 Å². The lowest BCUT2D eigenvalue weighted by Crippen LogP contribution is -2.44. The van der Waals surface area contributed by atoms with Crippen molar-refractivity contribution in [3.8, 4) is 5.75 Å². The highest BCUT2D eigenvalue weighted by atomic mass is 19.1. The maximum absolute atomic E-state index is 13.0. The average Bonchev–Trinajstić information content (AvgIpc) is 2.40. The van der Waals surface area contributed by atoms with Gasteiger partial charge in [-0.1, -0.05) is 0 Å². The first kappa shape index (κ1) is 13.6. The number of benzene rings is 1. The number of ether oxygens (including phenoxy) is 1. The highest BCUT2D eigenvalue weighted by Gasteiger charge is 2.22. The van der Waals surface area contributed by atoms with Crippen LogP contribution in [0.15, 0.2) is 18.2 Å². The van der Waals surface area contributed by atoms with Crippen LogP contribution in [-0.2, 0) is 0 Å². The van der Waals surface area contributed by atoms with Crippen molar-refractivity contribution in [1.82, 2.24) is 4.90 Å². The summed E-state index contributed by atoms with van der Waals surface area (Å²) in [4.78, 5) is 13.6. The van der Waals surface area contributed by atoms with Crippen molar-refractivity contribution >= 4 is 11.7 Å². The Morgan fingerprint density at radius 1 is 1.58 bits per heavy atom. The molecule has 1 aromatic carbocycles. The number of carbonyl (C=O) groups excluding carboxylic acids is 1. The molecular weight excluding hydrogens is 251 g/mol. The van der Waals surface area contributed by atoms with Crippen LogP contribution in [0, 0.1) is 5.82 Å². The standard InChI is InChI=1S/C13H17FN2O3/c1-19-12-7-9(14)4-5-11(12)15-13(18)16-6-2-3-10(17)8-16/h4-5,7,10,17H,2-3,6,8H2,1H3,(H,15,18). The smallest absolute Gasteiger partial charge is 0.322 e. The molecule has 1 saturated heterocycles. The van der Waals surface area contributed by atoms with E-state index in [0.717, 1.165) is 6.42 Å². The van der Waals surface area contributed by atoms with Gasteiger partial charge in [-0.3, -0.25) is 0 Å². The monoisotopic (exact) mass is 268 g/mol. The summed E-state index contributed by atoms with van der Waals surface area (Å²) >= 11 is 0. The summed E-state index contributed by atoms with van der Waals surface area (Å²) in [5, 5.41) is 12.2. The first-order valence-electron chi connectivity index (χ1n) is 6.17. The van der Waals surface area contributed by atoms with Crippen molar-refractivity contribution in [3.05, 3.63) is 24.0 Å². The van der Waals surface area contributed by atoms with Gasteiger partial charge in [0.25, 0.3) is 0 Å². The number of methoxy groups -OCH3 is 1. The van der Waals surface area contributed by atoms with Gasteiger partial charge in [0.2, 0.25) is 0 Å². The van der Waals surface area contributed by atoms with Gasteiger partial charge in [0.05, 0.1) is 18.9 Å². The minimum absolute atomic E-state index is 0.269. The van der Waals surface area contributed by atoms with Crippen LogP contribution in [-0.4, -0.2) is 42.3 Å². The number of halogens is 1. The van der Waals surface area contributed by atoms with E-state index in [-0.39, 0.29) is 11.8 Å².